The van der Waals surface area contributed by atoms with Crippen LogP contribution in [0.1, 0.15) is 13.3 Å². The molecule has 1 N–H and O–H groups in total. The summed E-state index contributed by atoms with van der Waals surface area (Å²) < 4.78 is 0. The lowest BCUT2D eigenvalue weighted by atomic mass is 10.2. The van der Waals surface area contributed by atoms with Gasteiger partial charge in [0.15, 0.2) is 0 Å². The van der Waals surface area contributed by atoms with Gasteiger partial charge in [-0.3, -0.25) is 0 Å². The molecule has 1 nitrogen and oxygen atoms in total. The van der Waals surface area contributed by atoms with E-state index in [4.69, 9.17) is 0 Å². The normalized spacial score (nSPS) is 64.3. The van der Waals surface area contributed by atoms with Gasteiger partial charge in [0.25, 0.3) is 0 Å². The summed E-state index contributed by atoms with van der Waals surface area (Å²) in [5.74, 6) is 1.07. The Bertz CT molecular complexity index is 111. The SMILES string of the molecule is CNC1[C@H]2CC12C. The van der Waals surface area contributed by atoms with Gasteiger partial charge in [0.05, 0.1) is 0 Å². The first kappa shape index (κ1) is 3.90. The summed E-state index contributed by atoms with van der Waals surface area (Å²) >= 11 is 0. The van der Waals surface area contributed by atoms with Crippen LogP contribution < -0.4 is 5.32 Å². The minimum absolute atomic E-state index is 0.773. The molecule has 7 heavy (non-hydrogen) atoms. The molecular formula is C6H11N. The zero-order valence-corrected chi connectivity index (χ0v) is 4.86. The first-order valence-corrected chi connectivity index (χ1v) is 2.96. The summed E-state index contributed by atoms with van der Waals surface area (Å²) in [7, 11) is 2.06. The van der Waals surface area contributed by atoms with E-state index in [1.54, 1.807) is 0 Å². The smallest absolute Gasteiger partial charge is 0.0155 e. The maximum Gasteiger partial charge on any atom is 0.0155 e. The topological polar surface area (TPSA) is 12.0 Å². The third-order valence-electron chi connectivity index (χ3n) is 2.66. The Kier molecular flexibility index (Phi) is 0.419. The second-order valence-electron chi connectivity index (χ2n) is 3.08. The minimum atomic E-state index is 0.773. The quantitative estimate of drug-likeness (QED) is 0.505. The van der Waals surface area contributed by atoms with E-state index >= 15 is 0 Å². The average molecular weight is 97.2 g/mol. The maximum atomic E-state index is 3.28. The fourth-order valence-electron chi connectivity index (χ4n) is 1.69. The lowest BCUT2D eigenvalue weighted by molar-refractivity contribution is 0.548. The van der Waals surface area contributed by atoms with Crippen LogP contribution in [0, 0.1) is 11.3 Å². The predicted molar refractivity (Wildman–Crippen MR) is 29.1 cm³/mol. The molecule has 0 radical (unpaired) electrons. The van der Waals surface area contributed by atoms with Crippen molar-refractivity contribution in [3.63, 3.8) is 0 Å². The monoisotopic (exact) mass is 97.1 g/mol. The standard InChI is InChI=1S/C6H11N/c1-6-3-4(6)5(6)7-2/h4-5,7H,3H2,1-2H3/t4-,5?,6?/m1/s1. The van der Waals surface area contributed by atoms with Crippen molar-refractivity contribution in [2.75, 3.05) is 7.05 Å². The van der Waals surface area contributed by atoms with Crippen LogP contribution in [0.4, 0.5) is 0 Å². The highest BCUT2D eigenvalue weighted by molar-refractivity contribution is 5.27. The molecular weight excluding hydrogens is 86.1 g/mol. The number of hydrogen-bond acceptors (Lipinski definition) is 1. The Balaban J connectivity index is 2.02. The minimum Gasteiger partial charge on any atom is -0.316 e. The molecule has 2 saturated carbocycles. The molecule has 0 saturated heterocycles. The van der Waals surface area contributed by atoms with E-state index < -0.39 is 0 Å². The fourth-order valence-corrected chi connectivity index (χ4v) is 1.69. The molecule has 0 spiro atoms. The molecule has 0 aromatic carbocycles. The molecule has 2 aliphatic rings. The molecule has 0 bridgehead atoms. The highest BCUT2D eigenvalue weighted by Crippen LogP contribution is 2.74. The first-order chi connectivity index (χ1) is 3.29. The van der Waals surface area contributed by atoms with Crippen molar-refractivity contribution in [1.29, 1.82) is 0 Å². The van der Waals surface area contributed by atoms with E-state index in [0.717, 1.165) is 17.4 Å². The lowest BCUT2D eigenvalue weighted by Gasteiger charge is -2.02. The van der Waals surface area contributed by atoms with Crippen LogP contribution in [0.15, 0.2) is 0 Å². The van der Waals surface area contributed by atoms with Crippen molar-refractivity contribution in [2.45, 2.75) is 19.4 Å². The van der Waals surface area contributed by atoms with Crippen LogP contribution in [0.3, 0.4) is 0 Å². The van der Waals surface area contributed by atoms with E-state index in [1.165, 1.54) is 6.42 Å². The van der Waals surface area contributed by atoms with Gasteiger partial charge in [-0.05, 0) is 24.8 Å². The van der Waals surface area contributed by atoms with Gasteiger partial charge < -0.3 is 5.32 Å². The molecule has 0 amide bonds. The summed E-state index contributed by atoms with van der Waals surface area (Å²) in [6.07, 6.45) is 1.48. The zero-order chi connectivity index (χ0) is 5.07. The first-order valence-electron chi connectivity index (χ1n) is 2.96. The second kappa shape index (κ2) is 0.752. The third-order valence-corrected chi connectivity index (χ3v) is 2.66. The Morgan fingerprint density at radius 2 is 2.29 bits per heavy atom. The average Bonchev–Trinajstić information content (AvgIpc) is 2.28. The van der Waals surface area contributed by atoms with Gasteiger partial charge in [-0.2, -0.15) is 0 Å². The summed E-state index contributed by atoms with van der Waals surface area (Å²) in [5, 5.41) is 3.28. The van der Waals surface area contributed by atoms with E-state index in [0.29, 0.717) is 0 Å². The number of nitrogens with one attached hydrogen (secondary N) is 1. The predicted octanol–water partition coefficient (Wildman–Crippen LogP) is 0.614. The second-order valence-corrected chi connectivity index (χ2v) is 3.08. The van der Waals surface area contributed by atoms with Gasteiger partial charge in [0, 0.05) is 6.04 Å². The van der Waals surface area contributed by atoms with Gasteiger partial charge in [0.2, 0.25) is 0 Å². The Morgan fingerprint density at radius 3 is 2.29 bits per heavy atom. The molecule has 2 fully saturated rings. The van der Waals surface area contributed by atoms with E-state index in [2.05, 4.69) is 19.3 Å². The van der Waals surface area contributed by atoms with Crippen molar-refractivity contribution >= 4 is 0 Å². The van der Waals surface area contributed by atoms with Gasteiger partial charge >= 0.3 is 0 Å². The fraction of sp³-hybridized carbons (Fsp3) is 1.00. The molecule has 0 aromatic rings. The highest BCUT2D eigenvalue weighted by atomic mass is 15.1. The lowest BCUT2D eigenvalue weighted by Crippen LogP contribution is -2.19. The van der Waals surface area contributed by atoms with Crippen LogP contribution >= 0.6 is 0 Å². The van der Waals surface area contributed by atoms with Crippen molar-refractivity contribution in [3.05, 3.63) is 0 Å². The maximum absolute atomic E-state index is 3.28. The van der Waals surface area contributed by atoms with Crippen molar-refractivity contribution < 1.29 is 0 Å². The van der Waals surface area contributed by atoms with E-state index in [-0.39, 0.29) is 0 Å². The van der Waals surface area contributed by atoms with Gasteiger partial charge in [0.1, 0.15) is 0 Å². The largest absolute Gasteiger partial charge is 0.316 e. The third kappa shape index (κ3) is 0.260. The van der Waals surface area contributed by atoms with Gasteiger partial charge in [-0.25, -0.2) is 0 Å². The highest BCUT2D eigenvalue weighted by Gasteiger charge is 2.74. The van der Waals surface area contributed by atoms with Crippen LogP contribution in [0.5, 0.6) is 0 Å². The molecule has 1 heteroatoms. The number of hydrogen-bond donors (Lipinski definition) is 1. The van der Waals surface area contributed by atoms with E-state index in [1.807, 2.05) is 0 Å². The van der Waals surface area contributed by atoms with E-state index in [9.17, 15) is 0 Å². The van der Waals surface area contributed by atoms with Crippen LogP contribution in [0.25, 0.3) is 0 Å². The summed E-state index contributed by atoms with van der Waals surface area (Å²) in [5.41, 5.74) is 0.773. The van der Waals surface area contributed by atoms with Crippen molar-refractivity contribution in [2.24, 2.45) is 11.3 Å². The van der Waals surface area contributed by atoms with Crippen molar-refractivity contribution in [1.82, 2.24) is 5.32 Å². The number of fused-ring (bicyclic) bond motifs is 1. The van der Waals surface area contributed by atoms with Gasteiger partial charge in [-0.15, -0.1) is 0 Å². The van der Waals surface area contributed by atoms with Crippen LogP contribution in [0.2, 0.25) is 0 Å². The zero-order valence-electron chi connectivity index (χ0n) is 4.86. The summed E-state index contributed by atoms with van der Waals surface area (Å²) in [6, 6.07) is 0.896. The molecule has 3 atom stereocenters. The molecule has 0 aromatic heterocycles. The molecule has 2 rings (SSSR count). The Morgan fingerprint density at radius 1 is 1.71 bits per heavy atom. The molecule has 2 unspecified atom stereocenters. The molecule has 0 heterocycles. The number of rotatable bonds is 1. The summed E-state index contributed by atoms with van der Waals surface area (Å²) in [4.78, 5) is 0. The Labute approximate surface area is 44.1 Å². The molecule has 40 valence electrons. The molecule has 2 aliphatic carbocycles. The van der Waals surface area contributed by atoms with Gasteiger partial charge in [-0.1, -0.05) is 6.92 Å². The molecule has 0 aliphatic heterocycles. The summed E-state index contributed by atoms with van der Waals surface area (Å²) in [6.45, 7) is 2.36. The van der Waals surface area contributed by atoms with Crippen LogP contribution in [-0.4, -0.2) is 13.1 Å². The van der Waals surface area contributed by atoms with Crippen LogP contribution in [-0.2, 0) is 0 Å². The Hall–Kier alpha value is -0.0400. The van der Waals surface area contributed by atoms with Crippen molar-refractivity contribution in [3.8, 4) is 0 Å².